The van der Waals surface area contributed by atoms with Crippen LogP contribution in [0.3, 0.4) is 0 Å². The van der Waals surface area contributed by atoms with Crippen molar-refractivity contribution in [3.05, 3.63) is 0 Å². The van der Waals surface area contributed by atoms with Crippen LogP contribution < -0.4 is 27.8 Å². The summed E-state index contributed by atoms with van der Waals surface area (Å²) in [4.78, 5) is 23.9. The molecule has 1 saturated heterocycles. The fourth-order valence-electron chi connectivity index (χ4n) is 1.06. The molecular weight excluding hydrogens is 240 g/mol. The van der Waals surface area contributed by atoms with Crippen LogP contribution >= 0.6 is 0 Å². The lowest BCUT2D eigenvalue weighted by Gasteiger charge is -2.03. The van der Waals surface area contributed by atoms with E-state index in [1.165, 1.54) is 0 Å². The van der Waals surface area contributed by atoms with E-state index in [9.17, 15) is 9.59 Å². The van der Waals surface area contributed by atoms with E-state index >= 15 is 0 Å². The zero-order valence-corrected chi connectivity index (χ0v) is 10.1. The lowest BCUT2D eigenvalue weighted by molar-refractivity contribution is -0.138. The monoisotopic (exact) mass is 260 g/mol. The molecule has 0 aromatic heterocycles. The van der Waals surface area contributed by atoms with Gasteiger partial charge in [0.1, 0.15) is 6.04 Å². The second-order valence-corrected chi connectivity index (χ2v) is 3.58. The Balaban J connectivity index is 0.000000397. The number of rotatable bonds is 5. The molecule has 0 spiro atoms. The maximum Gasteiger partial charge on any atom is 0.320 e. The number of hydrogen-bond acceptors (Lipinski definition) is 4. The van der Waals surface area contributed by atoms with Gasteiger partial charge in [0.15, 0.2) is 5.96 Å². The van der Waals surface area contributed by atoms with Gasteiger partial charge in [-0.2, -0.15) is 0 Å². The summed E-state index contributed by atoms with van der Waals surface area (Å²) in [5.74, 6) is -0.987. The van der Waals surface area contributed by atoms with Crippen LogP contribution in [0.15, 0.2) is 4.99 Å². The largest absolute Gasteiger partial charge is 0.480 e. The second kappa shape index (κ2) is 9.05. The van der Waals surface area contributed by atoms with E-state index in [1.54, 1.807) is 0 Å². The fraction of sp³-hybridized carbons (Fsp3) is 0.667. The van der Waals surface area contributed by atoms with Gasteiger partial charge < -0.3 is 32.9 Å². The molecule has 1 unspecified atom stereocenters. The number of nitrogens with two attached hydrogens (primary N) is 3. The Morgan fingerprint density at radius 2 is 1.94 bits per heavy atom. The normalized spacial score (nSPS) is 14.6. The van der Waals surface area contributed by atoms with Gasteiger partial charge in [-0.05, 0) is 12.8 Å². The number of carbonyl (C=O) groups excluding carboxylic acids is 1. The quantitative estimate of drug-likeness (QED) is 0.185. The van der Waals surface area contributed by atoms with Gasteiger partial charge in [0.05, 0.1) is 0 Å². The van der Waals surface area contributed by atoms with Crippen molar-refractivity contribution in [1.29, 1.82) is 0 Å². The summed E-state index contributed by atoms with van der Waals surface area (Å²) in [6.07, 6.45) is 0.956. The van der Waals surface area contributed by atoms with Crippen LogP contribution in [0.2, 0.25) is 0 Å². The molecular formula is C9H20N6O3. The molecule has 9 nitrogen and oxygen atoms in total. The van der Waals surface area contributed by atoms with Crippen molar-refractivity contribution in [3.63, 3.8) is 0 Å². The minimum absolute atomic E-state index is 0.0129. The zero-order valence-electron chi connectivity index (χ0n) is 10.1. The summed E-state index contributed by atoms with van der Waals surface area (Å²) in [5.41, 5.74) is 15.3. The number of carboxylic acids is 1. The molecule has 18 heavy (non-hydrogen) atoms. The summed E-state index contributed by atoms with van der Waals surface area (Å²) in [5, 5.41) is 13.5. The standard InChI is InChI=1S/C6H14N4O2.C3H6N2O/c7-4(5(11)12)2-1-3-10-6(8)9;6-3-4-1-2-5-3/h4H,1-3,7H2,(H,11,12)(H4,8,9,10);1-2H2,(H2,4,5,6). The van der Waals surface area contributed by atoms with E-state index in [1.807, 2.05) is 0 Å². The van der Waals surface area contributed by atoms with Crippen molar-refractivity contribution >= 4 is 18.0 Å². The predicted octanol–water partition coefficient (Wildman–Crippen LogP) is -2.25. The zero-order chi connectivity index (χ0) is 14.0. The molecule has 1 aliphatic heterocycles. The third-order valence-electron chi connectivity index (χ3n) is 1.98. The van der Waals surface area contributed by atoms with Crippen molar-refractivity contribution in [1.82, 2.24) is 10.6 Å². The van der Waals surface area contributed by atoms with Crippen LogP contribution in [0.1, 0.15) is 12.8 Å². The maximum atomic E-state index is 10.2. The Morgan fingerprint density at radius 3 is 2.28 bits per heavy atom. The Hall–Kier alpha value is -2.03. The SMILES string of the molecule is NC(N)=NCCCC(N)C(=O)O.O=C1NCCN1. The molecule has 9 N–H and O–H groups in total. The van der Waals surface area contributed by atoms with Gasteiger partial charge in [-0.15, -0.1) is 0 Å². The van der Waals surface area contributed by atoms with Crippen molar-refractivity contribution in [2.75, 3.05) is 19.6 Å². The van der Waals surface area contributed by atoms with Crippen LogP contribution in [0.4, 0.5) is 4.79 Å². The number of aliphatic imine (C=N–C) groups is 1. The Morgan fingerprint density at radius 1 is 1.39 bits per heavy atom. The first-order chi connectivity index (χ1) is 8.43. The van der Waals surface area contributed by atoms with Gasteiger partial charge in [-0.3, -0.25) is 9.79 Å². The van der Waals surface area contributed by atoms with Gasteiger partial charge in [-0.25, -0.2) is 4.79 Å². The molecule has 0 aliphatic carbocycles. The lowest BCUT2D eigenvalue weighted by atomic mass is 10.2. The average Bonchev–Trinajstić information content (AvgIpc) is 2.75. The van der Waals surface area contributed by atoms with Gasteiger partial charge in [0.25, 0.3) is 0 Å². The number of carbonyl (C=O) groups is 2. The molecule has 0 aromatic carbocycles. The maximum absolute atomic E-state index is 10.2. The average molecular weight is 260 g/mol. The molecule has 0 radical (unpaired) electrons. The van der Waals surface area contributed by atoms with Crippen molar-refractivity contribution in [2.24, 2.45) is 22.2 Å². The van der Waals surface area contributed by atoms with Crippen LogP contribution in [0.25, 0.3) is 0 Å². The Labute approximate surface area is 105 Å². The number of carboxylic acid groups (broad SMARTS) is 1. The van der Waals surface area contributed by atoms with Crippen molar-refractivity contribution in [2.45, 2.75) is 18.9 Å². The van der Waals surface area contributed by atoms with E-state index < -0.39 is 12.0 Å². The predicted molar refractivity (Wildman–Crippen MR) is 66.9 cm³/mol. The van der Waals surface area contributed by atoms with E-state index in [2.05, 4.69) is 15.6 Å². The number of aliphatic carboxylic acids is 1. The molecule has 9 heteroatoms. The highest BCUT2D eigenvalue weighted by atomic mass is 16.4. The van der Waals surface area contributed by atoms with Gasteiger partial charge >= 0.3 is 12.0 Å². The van der Waals surface area contributed by atoms with Crippen LogP contribution in [0, 0.1) is 0 Å². The summed E-state index contributed by atoms with van der Waals surface area (Å²) >= 11 is 0. The molecule has 1 rings (SSSR count). The summed E-state index contributed by atoms with van der Waals surface area (Å²) in [7, 11) is 0. The van der Waals surface area contributed by atoms with Crippen molar-refractivity contribution < 1.29 is 14.7 Å². The molecule has 0 bridgehead atoms. The van der Waals surface area contributed by atoms with Gasteiger partial charge in [-0.1, -0.05) is 0 Å². The Kier molecular flexibility index (Phi) is 8.03. The van der Waals surface area contributed by atoms with E-state index in [4.69, 9.17) is 22.3 Å². The van der Waals surface area contributed by atoms with Gasteiger partial charge in [0.2, 0.25) is 0 Å². The topological polar surface area (TPSA) is 169 Å². The van der Waals surface area contributed by atoms with E-state index in [-0.39, 0.29) is 12.0 Å². The second-order valence-electron chi connectivity index (χ2n) is 3.58. The minimum atomic E-state index is -1.00. The molecule has 1 aliphatic rings. The van der Waals surface area contributed by atoms with E-state index in [0.29, 0.717) is 19.4 Å². The first-order valence-corrected chi connectivity index (χ1v) is 5.49. The first kappa shape index (κ1) is 16.0. The molecule has 0 aromatic rings. The number of nitrogens with one attached hydrogen (secondary N) is 2. The number of amides is 2. The summed E-state index contributed by atoms with van der Waals surface area (Å²) in [6.45, 7) is 1.97. The third-order valence-corrected chi connectivity index (χ3v) is 1.98. The molecule has 1 fully saturated rings. The van der Waals surface area contributed by atoms with Crippen LogP contribution in [-0.2, 0) is 4.79 Å². The molecule has 1 atom stereocenters. The molecule has 104 valence electrons. The van der Waals surface area contributed by atoms with Crippen LogP contribution in [-0.4, -0.2) is 48.7 Å². The smallest absolute Gasteiger partial charge is 0.320 e. The highest BCUT2D eigenvalue weighted by molar-refractivity contribution is 5.76. The van der Waals surface area contributed by atoms with E-state index in [0.717, 1.165) is 13.1 Å². The minimum Gasteiger partial charge on any atom is -0.480 e. The third kappa shape index (κ3) is 9.21. The highest BCUT2D eigenvalue weighted by Gasteiger charge is 2.09. The molecule has 0 saturated carbocycles. The van der Waals surface area contributed by atoms with Crippen LogP contribution in [0.5, 0.6) is 0 Å². The molecule has 1 heterocycles. The summed E-state index contributed by atoms with van der Waals surface area (Å²) in [6, 6.07) is -0.866. The highest BCUT2D eigenvalue weighted by Crippen LogP contribution is 1.94. The molecule has 2 amide bonds. The fourth-order valence-corrected chi connectivity index (χ4v) is 1.06. The lowest BCUT2D eigenvalue weighted by Crippen LogP contribution is -2.30. The van der Waals surface area contributed by atoms with Crippen molar-refractivity contribution in [3.8, 4) is 0 Å². The number of nitrogens with zero attached hydrogens (tertiary/aromatic N) is 1. The Bertz CT molecular complexity index is 295. The summed E-state index contributed by atoms with van der Waals surface area (Å²) < 4.78 is 0. The number of urea groups is 1. The number of guanidine groups is 1. The van der Waals surface area contributed by atoms with Gasteiger partial charge in [0, 0.05) is 19.6 Å². The first-order valence-electron chi connectivity index (χ1n) is 5.49. The number of hydrogen-bond donors (Lipinski definition) is 6.